The number of nitrogens with one attached hydrogen (secondary N) is 1. The van der Waals surface area contributed by atoms with Gasteiger partial charge in [0.15, 0.2) is 0 Å². The summed E-state index contributed by atoms with van der Waals surface area (Å²) in [7, 11) is 1.60. The second-order valence-corrected chi connectivity index (χ2v) is 4.50. The number of carboxylic acids is 1. The van der Waals surface area contributed by atoms with Crippen LogP contribution in [0.25, 0.3) is 0 Å². The van der Waals surface area contributed by atoms with E-state index in [0.717, 1.165) is 12.2 Å². The molecule has 0 aromatic heterocycles. The Morgan fingerprint density at radius 2 is 1.79 bits per heavy atom. The number of aliphatic carboxylic acids is 1. The van der Waals surface area contributed by atoms with Gasteiger partial charge in [0.1, 0.15) is 23.6 Å². The molecule has 0 heterocycles. The third-order valence-electron chi connectivity index (χ3n) is 2.85. The normalized spacial score (nSPS) is 13.6. The topological polar surface area (TPSA) is 67.8 Å². The van der Waals surface area contributed by atoms with Gasteiger partial charge in [0, 0.05) is 0 Å². The molecule has 1 rings (SSSR count). The summed E-state index contributed by atoms with van der Waals surface area (Å²) in [6, 6.07) is 7.15. The summed E-state index contributed by atoms with van der Waals surface area (Å²) >= 11 is 0. The molecule has 0 saturated carbocycles. The molecule has 0 fully saturated rings. The average molecular weight is 267 g/mol. The summed E-state index contributed by atoms with van der Waals surface area (Å²) < 4.78 is 10.9. The Morgan fingerprint density at radius 1 is 1.26 bits per heavy atom. The molecule has 0 saturated heterocycles. The van der Waals surface area contributed by atoms with Gasteiger partial charge in [-0.25, -0.2) is 0 Å². The molecule has 5 heteroatoms. The number of hydrogen-bond donors (Lipinski definition) is 2. The number of rotatable bonds is 8. The molecule has 0 aliphatic rings. The van der Waals surface area contributed by atoms with Crippen LogP contribution in [0.3, 0.4) is 0 Å². The molecule has 5 nitrogen and oxygen atoms in total. The van der Waals surface area contributed by atoms with Crippen LogP contribution < -0.4 is 14.8 Å². The van der Waals surface area contributed by atoms with Crippen LogP contribution in [0.5, 0.6) is 11.5 Å². The van der Waals surface area contributed by atoms with Gasteiger partial charge in [-0.1, -0.05) is 6.92 Å². The van der Waals surface area contributed by atoms with Crippen molar-refractivity contribution < 1.29 is 19.4 Å². The highest BCUT2D eigenvalue weighted by Gasteiger charge is 2.32. The minimum Gasteiger partial charge on any atom is -0.494 e. The molecule has 1 atom stereocenters. The fourth-order valence-electron chi connectivity index (χ4n) is 1.32. The highest BCUT2D eigenvalue weighted by molar-refractivity contribution is 5.78. The predicted octanol–water partition coefficient (Wildman–Crippen LogP) is 1.92. The first-order valence-corrected chi connectivity index (χ1v) is 6.30. The molecule has 19 heavy (non-hydrogen) atoms. The van der Waals surface area contributed by atoms with Crippen molar-refractivity contribution >= 4 is 5.97 Å². The SMILES string of the molecule is CCCOc1ccc(OCC(C)(NC)C(=O)O)cc1. The highest BCUT2D eigenvalue weighted by atomic mass is 16.5. The van der Waals surface area contributed by atoms with Crippen molar-refractivity contribution in [1.82, 2.24) is 5.32 Å². The second kappa shape index (κ2) is 6.99. The maximum absolute atomic E-state index is 11.1. The van der Waals surface area contributed by atoms with Crippen LogP contribution in [0.4, 0.5) is 0 Å². The van der Waals surface area contributed by atoms with Gasteiger partial charge in [0.05, 0.1) is 6.61 Å². The van der Waals surface area contributed by atoms with Gasteiger partial charge in [0.25, 0.3) is 0 Å². The van der Waals surface area contributed by atoms with Gasteiger partial charge in [-0.3, -0.25) is 4.79 Å². The number of ether oxygens (including phenoxy) is 2. The van der Waals surface area contributed by atoms with Gasteiger partial charge >= 0.3 is 5.97 Å². The lowest BCUT2D eigenvalue weighted by Gasteiger charge is -2.24. The lowest BCUT2D eigenvalue weighted by molar-refractivity contribution is -0.145. The fraction of sp³-hybridized carbons (Fsp3) is 0.500. The van der Waals surface area contributed by atoms with E-state index in [1.807, 2.05) is 19.1 Å². The Morgan fingerprint density at radius 3 is 2.21 bits per heavy atom. The lowest BCUT2D eigenvalue weighted by atomic mass is 10.1. The first-order valence-electron chi connectivity index (χ1n) is 6.30. The van der Waals surface area contributed by atoms with Crippen LogP contribution in [-0.2, 0) is 4.79 Å². The van der Waals surface area contributed by atoms with Gasteiger partial charge in [-0.2, -0.15) is 0 Å². The molecule has 0 aliphatic carbocycles. The largest absolute Gasteiger partial charge is 0.494 e. The molecule has 0 amide bonds. The van der Waals surface area contributed by atoms with Crippen LogP contribution in [0.2, 0.25) is 0 Å². The molecule has 2 N–H and O–H groups in total. The maximum atomic E-state index is 11.1. The van der Waals surface area contributed by atoms with Crippen molar-refractivity contribution in [3.63, 3.8) is 0 Å². The summed E-state index contributed by atoms with van der Waals surface area (Å²) in [5.41, 5.74) is -1.10. The van der Waals surface area contributed by atoms with Crippen molar-refractivity contribution in [3.05, 3.63) is 24.3 Å². The number of hydrogen-bond acceptors (Lipinski definition) is 4. The Kier molecular flexibility index (Phi) is 5.63. The number of benzene rings is 1. The van der Waals surface area contributed by atoms with Gasteiger partial charge in [0.2, 0.25) is 0 Å². The van der Waals surface area contributed by atoms with Gasteiger partial charge in [-0.05, 0) is 44.7 Å². The zero-order valence-electron chi connectivity index (χ0n) is 11.6. The first-order chi connectivity index (χ1) is 9.01. The van der Waals surface area contributed by atoms with Gasteiger partial charge in [-0.15, -0.1) is 0 Å². The van der Waals surface area contributed by atoms with E-state index in [9.17, 15) is 4.79 Å². The molecule has 0 spiro atoms. The van der Waals surface area contributed by atoms with Crippen LogP contribution in [-0.4, -0.2) is 36.9 Å². The van der Waals surface area contributed by atoms with Crippen molar-refractivity contribution in [2.45, 2.75) is 25.8 Å². The Labute approximate surface area is 113 Å². The van der Waals surface area contributed by atoms with Crippen LogP contribution in [0.15, 0.2) is 24.3 Å². The van der Waals surface area contributed by atoms with E-state index in [1.54, 1.807) is 26.1 Å². The number of carboxylic acid groups (broad SMARTS) is 1. The monoisotopic (exact) mass is 267 g/mol. The number of carbonyl (C=O) groups is 1. The zero-order chi connectivity index (χ0) is 14.3. The summed E-state index contributed by atoms with van der Waals surface area (Å²) in [6.07, 6.45) is 0.956. The molecule has 0 aliphatic heterocycles. The molecule has 0 radical (unpaired) electrons. The predicted molar refractivity (Wildman–Crippen MR) is 72.8 cm³/mol. The standard InChI is InChI=1S/C14H21NO4/c1-4-9-18-11-5-7-12(8-6-11)19-10-14(2,15-3)13(16)17/h5-8,15H,4,9-10H2,1-3H3,(H,16,17). The zero-order valence-corrected chi connectivity index (χ0v) is 11.6. The third-order valence-corrected chi connectivity index (χ3v) is 2.85. The summed E-state index contributed by atoms with van der Waals surface area (Å²) in [6.45, 7) is 4.35. The Bertz CT molecular complexity index is 404. The molecular formula is C14H21NO4. The molecular weight excluding hydrogens is 246 g/mol. The molecule has 1 aromatic carbocycles. The minimum atomic E-state index is -1.10. The van der Waals surface area contributed by atoms with Crippen molar-refractivity contribution in [2.75, 3.05) is 20.3 Å². The average Bonchev–Trinajstić information content (AvgIpc) is 2.43. The first kappa shape index (κ1) is 15.3. The van der Waals surface area contributed by atoms with E-state index in [2.05, 4.69) is 5.32 Å². The molecule has 0 bridgehead atoms. The maximum Gasteiger partial charge on any atom is 0.327 e. The second-order valence-electron chi connectivity index (χ2n) is 4.50. The van der Waals surface area contributed by atoms with E-state index in [4.69, 9.17) is 14.6 Å². The van der Waals surface area contributed by atoms with Crippen LogP contribution in [0, 0.1) is 0 Å². The molecule has 1 unspecified atom stereocenters. The molecule has 106 valence electrons. The van der Waals surface area contributed by atoms with E-state index >= 15 is 0 Å². The third kappa shape index (κ3) is 4.44. The summed E-state index contributed by atoms with van der Waals surface area (Å²) in [5.74, 6) is 0.452. The van der Waals surface area contributed by atoms with E-state index in [-0.39, 0.29) is 6.61 Å². The van der Waals surface area contributed by atoms with Crippen molar-refractivity contribution in [2.24, 2.45) is 0 Å². The summed E-state index contributed by atoms with van der Waals surface area (Å²) in [4.78, 5) is 11.1. The smallest absolute Gasteiger partial charge is 0.327 e. The van der Waals surface area contributed by atoms with Crippen LogP contribution >= 0.6 is 0 Å². The van der Waals surface area contributed by atoms with E-state index in [0.29, 0.717) is 12.4 Å². The Balaban J connectivity index is 2.56. The van der Waals surface area contributed by atoms with E-state index in [1.165, 1.54) is 0 Å². The highest BCUT2D eigenvalue weighted by Crippen LogP contribution is 2.19. The number of likely N-dealkylation sites (N-methyl/N-ethyl adjacent to an activating group) is 1. The lowest BCUT2D eigenvalue weighted by Crippen LogP contribution is -2.52. The molecule has 1 aromatic rings. The van der Waals surface area contributed by atoms with Crippen LogP contribution in [0.1, 0.15) is 20.3 Å². The fourth-order valence-corrected chi connectivity index (χ4v) is 1.32. The van der Waals surface area contributed by atoms with Gasteiger partial charge < -0.3 is 19.9 Å². The van der Waals surface area contributed by atoms with Crippen molar-refractivity contribution in [1.29, 1.82) is 0 Å². The minimum absolute atomic E-state index is 0.0496. The van der Waals surface area contributed by atoms with Crippen molar-refractivity contribution in [3.8, 4) is 11.5 Å². The quantitative estimate of drug-likeness (QED) is 0.753. The van der Waals surface area contributed by atoms with E-state index < -0.39 is 11.5 Å². The Hall–Kier alpha value is -1.75. The summed E-state index contributed by atoms with van der Waals surface area (Å²) in [5, 5.41) is 11.8.